The van der Waals surface area contributed by atoms with Gasteiger partial charge in [-0.3, -0.25) is 0 Å². The summed E-state index contributed by atoms with van der Waals surface area (Å²) < 4.78 is 25.9. The molecule has 0 saturated carbocycles. The Labute approximate surface area is 102 Å². The summed E-state index contributed by atoms with van der Waals surface area (Å²) in [5.41, 5.74) is 0. The van der Waals surface area contributed by atoms with Gasteiger partial charge in [-0.1, -0.05) is 9.13 Å². The quantitative estimate of drug-likeness (QED) is 0.318. The van der Waals surface area contributed by atoms with Gasteiger partial charge in [-0.2, -0.15) is 0 Å². The first-order chi connectivity index (χ1) is 8.09. The van der Waals surface area contributed by atoms with Gasteiger partial charge < -0.3 is 40.1 Å². The molecule has 0 amide bonds. The second kappa shape index (κ2) is 5.10. The zero-order chi connectivity index (χ0) is 14.3. The molecule has 12 heteroatoms. The Morgan fingerprint density at radius 1 is 1.22 bits per heavy atom. The first kappa shape index (κ1) is 15.9. The fraction of sp³-hybridized carbons (Fsp3) is 1.00. The third kappa shape index (κ3) is 2.10. The van der Waals surface area contributed by atoms with Crippen LogP contribution in [0.15, 0.2) is 0 Å². The van der Waals surface area contributed by atoms with Gasteiger partial charge in [-0.25, -0.2) is 0 Å². The zero-order valence-electron chi connectivity index (χ0n) is 8.61. The summed E-state index contributed by atoms with van der Waals surface area (Å²) >= 11 is 0. The monoisotopic (exact) mass is 304 g/mol. The maximum Gasteiger partial charge on any atom is 0.499 e. The van der Waals surface area contributed by atoms with Crippen LogP contribution in [-0.2, 0) is 13.9 Å². The van der Waals surface area contributed by atoms with E-state index in [0.717, 1.165) is 0 Å². The zero-order valence-corrected chi connectivity index (χ0v) is 10.4. The third-order valence-electron chi connectivity index (χ3n) is 2.58. The molecule has 1 rings (SSSR count). The van der Waals surface area contributed by atoms with Crippen molar-refractivity contribution in [2.45, 2.75) is 29.2 Å². The molecule has 6 atom stereocenters. The Balaban J connectivity index is 3.27. The van der Waals surface area contributed by atoms with E-state index < -0.39 is 51.8 Å². The average Bonchev–Trinajstić information content (AvgIpc) is 2.29. The van der Waals surface area contributed by atoms with Crippen LogP contribution in [0.25, 0.3) is 0 Å². The van der Waals surface area contributed by atoms with Gasteiger partial charge >= 0.3 is 26.9 Å². The van der Waals surface area contributed by atoms with Crippen molar-refractivity contribution < 1.29 is 49.2 Å². The van der Waals surface area contributed by atoms with E-state index in [1.54, 1.807) is 0 Å². The van der Waals surface area contributed by atoms with Gasteiger partial charge in [0.2, 0.25) is 0 Å². The van der Waals surface area contributed by atoms with E-state index in [9.17, 15) is 39.3 Å². The van der Waals surface area contributed by atoms with E-state index in [2.05, 4.69) is 4.74 Å². The summed E-state index contributed by atoms with van der Waals surface area (Å²) in [6.07, 6.45) is -6.33. The fourth-order valence-electron chi connectivity index (χ4n) is 1.46. The summed E-state index contributed by atoms with van der Waals surface area (Å²) in [7, 11) is -8.37. The van der Waals surface area contributed by atoms with Crippen LogP contribution in [-0.4, -0.2) is 61.3 Å². The van der Waals surface area contributed by atoms with Crippen LogP contribution in [0.3, 0.4) is 0 Å². The van der Waals surface area contributed by atoms with Crippen molar-refractivity contribution in [1.29, 1.82) is 0 Å². The number of hydrogen-bond acceptors (Lipinski definition) is 10. The maximum absolute atomic E-state index is 10.8. The van der Waals surface area contributed by atoms with E-state index in [-0.39, 0.29) is 0 Å². The molecule has 0 aliphatic carbocycles. The molecule has 5 N–H and O–H groups in total. The van der Waals surface area contributed by atoms with E-state index in [0.29, 0.717) is 0 Å². The third-order valence-corrected chi connectivity index (χ3v) is 5.22. The van der Waals surface area contributed by atoms with E-state index in [1.807, 2.05) is 0 Å². The summed E-state index contributed by atoms with van der Waals surface area (Å²) in [4.78, 5) is 21.6. The molecule has 10 nitrogen and oxygen atoms in total. The summed E-state index contributed by atoms with van der Waals surface area (Å²) in [6.45, 7) is -0.886. The summed E-state index contributed by atoms with van der Waals surface area (Å²) in [5, 5.41) is 43.2. The standard InChI is InChI=1S/C6H10O10P2/c7-2-1-16-5(10,4(9)3(2)8)6(11,17(12)13)18(14)15/h2-4,7-11H,1H2/t2-,3-,4+,5-/m1/s1. The normalized spacial score (nSPS) is 42.1. The summed E-state index contributed by atoms with van der Waals surface area (Å²) in [5.74, 6) is -3.50. The highest BCUT2D eigenvalue weighted by molar-refractivity contribution is 7.58. The molecule has 1 saturated heterocycles. The average molecular weight is 304 g/mol. The topological polar surface area (TPSA) is 191 Å². The number of aliphatic hydroxyl groups is 5. The van der Waals surface area contributed by atoms with Gasteiger partial charge in [0.15, 0.2) is 0 Å². The molecule has 0 aromatic rings. The number of ether oxygens (including phenoxy) is 1. The molecule has 0 bridgehead atoms. The molecule has 104 valence electrons. The van der Waals surface area contributed by atoms with Crippen LogP contribution in [0.4, 0.5) is 0 Å². The van der Waals surface area contributed by atoms with Crippen LogP contribution >= 0.6 is 16.1 Å². The predicted molar refractivity (Wildman–Crippen MR) is 49.1 cm³/mol. The molecule has 1 aliphatic heterocycles. The van der Waals surface area contributed by atoms with Crippen LogP contribution in [0, 0.1) is 0 Å². The lowest BCUT2D eigenvalue weighted by Crippen LogP contribution is -2.69. The Bertz CT molecular complexity index is 359. The van der Waals surface area contributed by atoms with Crippen LogP contribution in [0.2, 0.25) is 0 Å². The van der Waals surface area contributed by atoms with Crippen molar-refractivity contribution in [3.63, 3.8) is 0 Å². The molecular weight excluding hydrogens is 294 g/mol. The Morgan fingerprint density at radius 2 is 1.67 bits per heavy atom. The Hall–Kier alpha value is -0.120. The minimum atomic E-state index is -4.19. The lowest BCUT2D eigenvalue weighted by molar-refractivity contribution is -0.357. The molecule has 1 heterocycles. The van der Waals surface area contributed by atoms with Crippen molar-refractivity contribution in [2.75, 3.05) is 6.61 Å². The first-order valence-corrected chi connectivity index (χ1v) is 6.86. The van der Waals surface area contributed by atoms with Crippen molar-refractivity contribution >= 4 is 16.1 Å². The molecule has 0 spiro atoms. The van der Waals surface area contributed by atoms with Gasteiger partial charge in [-0.05, 0) is 0 Å². The molecule has 18 heavy (non-hydrogen) atoms. The van der Waals surface area contributed by atoms with Crippen molar-refractivity contribution in [3.8, 4) is 0 Å². The smallest absolute Gasteiger partial charge is 0.499 e. The Morgan fingerprint density at radius 3 is 2.06 bits per heavy atom. The van der Waals surface area contributed by atoms with Gasteiger partial charge in [0.1, 0.15) is 18.3 Å². The van der Waals surface area contributed by atoms with Gasteiger partial charge in [0.05, 0.1) is 6.61 Å². The van der Waals surface area contributed by atoms with Crippen LogP contribution < -0.4 is 9.79 Å². The van der Waals surface area contributed by atoms with Crippen LogP contribution in [0.5, 0.6) is 0 Å². The molecular formula is C6H10O10P2. The van der Waals surface area contributed by atoms with Crippen molar-refractivity contribution in [3.05, 3.63) is 0 Å². The lowest BCUT2D eigenvalue weighted by Gasteiger charge is -2.41. The lowest BCUT2D eigenvalue weighted by atomic mass is 9.97. The van der Waals surface area contributed by atoms with E-state index >= 15 is 0 Å². The minimum Gasteiger partial charge on any atom is -0.589 e. The van der Waals surface area contributed by atoms with Crippen LogP contribution in [0.1, 0.15) is 0 Å². The molecule has 0 aromatic carbocycles. The first-order valence-electron chi connectivity index (χ1n) is 4.51. The van der Waals surface area contributed by atoms with Gasteiger partial charge in [0.25, 0.3) is 0 Å². The van der Waals surface area contributed by atoms with Crippen molar-refractivity contribution in [2.24, 2.45) is 0 Å². The SMILES string of the molecule is O=[P+]([O-])C(O)([P+](=O)[O-])[C@]1(O)OC[C@@H](O)[C@@H](O)[C@@H]1O. The largest absolute Gasteiger partial charge is 0.589 e. The molecule has 0 aromatic heterocycles. The second-order valence-corrected chi connectivity index (χ2v) is 6.34. The van der Waals surface area contributed by atoms with E-state index in [4.69, 9.17) is 5.11 Å². The predicted octanol–water partition coefficient (Wildman–Crippen LogP) is -4.36. The highest BCUT2D eigenvalue weighted by Crippen LogP contribution is 2.55. The molecule has 0 radical (unpaired) electrons. The number of hydrogen-bond donors (Lipinski definition) is 5. The van der Waals surface area contributed by atoms with E-state index in [1.165, 1.54) is 0 Å². The highest BCUT2D eigenvalue weighted by Gasteiger charge is 2.78. The molecule has 2 unspecified atom stereocenters. The fourth-order valence-corrected chi connectivity index (χ4v) is 2.91. The Kier molecular flexibility index (Phi) is 4.52. The van der Waals surface area contributed by atoms with Gasteiger partial charge in [0, 0.05) is 0 Å². The summed E-state index contributed by atoms with van der Waals surface area (Å²) in [6, 6.07) is 0. The van der Waals surface area contributed by atoms with Crippen molar-refractivity contribution in [1.82, 2.24) is 0 Å². The number of aliphatic hydroxyl groups excluding tert-OH is 3. The van der Waals surface area contributed by atoms with Gasteiger partial charge in [-0.15, -0.1) is 0 Å². The second-order valence-electron chi connectivity index (χ2n) is 3.66. The molecule has 1 aliphatic rings. The maximum atomic E-state index is 10.8. The minimum absolute atomic E-state index is 0.886. The molecule has 1 fully saturated rings. The number of rotatable bonds is 3. The highest BCUT2D eigenvalue weighted by atomic mass is 31.2.